The molecule has 170 valence electrons. The van der Waals surface area contributed by atoms with Gasteiger partial charge in [0.05, 0.1) is 13.7 Å². The number of thiophene rings is 1. The summed E-state index contributed by atoms with van der Waals surface area (Å²) < 4.78 is 5.19. The zero-order chi connectivity index (χ0) is 21.3. The summed E-state index contributed by atoms with van der Waals surface area (Å²) in [6, 6.07) is 7.83. The SMILES string of the molecule is CCNC(=NCCC(=O)N1CCc2sccc2C1)NCCc1ccc(OC)cc1Cl.I. The Labute approximate surface area is 210 Å². The second-order valence-corrected chi connectivity index (χ2v) is 8.49. The molecule has 9 heteroatoms. The normalized spacial score (nSPS) is 13.3. The van der Waals surface area contributed by atoms with Gasteiger partial charge in [-0.15, -0.1) is 35.3 Å². The lowest BCUT2D eigenvalue weighted by Crippen LogP contribution is -2.39. The van der Waals surface area contributed by atoms with E-state index < -0.39 is 0 Å². The fourth-order valence-corrected chi connectivity index (χ4v) is 4.55. The summed E-state index contributed by atoms with van der Waals surface area (Å²) in [6.45, 7) is 5.47. The van der Waals surface area contributed by atoms with Crippen molar-refractivity contribution in [2.24, 2.45) is 4.99 Å². The molecule has 2 aromatic rings. The first-order valence-electron chi connectivity index (χ1n) is 10.3. The van der Waals surface area contributed by atoms with Crippen molar-refractivity contribution in [2.45, 2.75) is 32.7 Å². The van der Waals surface area contributed by atoms with Gasteiger partial charge in [-0.05, 0) is 54.5 Å². The number of hydrogen-bond acceptors (Lipinski definition) is 4. The van der Waals surface area contributed by atoms with E-state index in [9.17, 15) is 4.79 Å². The zero-order valence-corrected chi connectivity index (χ0v) is 21.9. The van der Waals surface area contributed by atoms with Gasteiger partial charge >= 0.3 is 0 Å². The second-order valence-electron chi connectivity index (χ2n) is 7.08. The number of benzene rings is 1. The molecule has 0 radical (unpaired) electrons. The number of aliphatic imine (C=N–C) groups is 1. The zero-order valence-electron chi connectivity index (χ0n) is 17.9. The first-order valence-corrected chi connectivity index (χ1v) is 11.5. The summed E-state index contributed by atoms with van der Waals surface area (Å²) in [5, 5.41) is 9.34. The molecule has 1 aromatic carbocycles. The third-order valence-corrected chi connectivity index (χ3v) is 6.42. The van der Waals surface area contributed by atoms with E-state index in [1.165, 1.54) is 10.4 Å². The van der Waals surface area contributed by atoms with Crippen molar-refractivity contribution < 1.29 is 9.53 Å². The number of hydrogen-bond donors (Lipinski definition) is 2. The molecule has 0 spiro atoms. The van der Waals surface area contributed by atoms with E-state index >= 15 is 0 Å². The molecule has 0 bridgehead atoms. The van der Waals surface area contributed by atoms with Gasteiger partial charge in [-0.25, -0.2) is 0 Å². The predicted molar refractivity (Wildman–Crippen MR) is 139 cm³/mol. The maximum atomic E-state index is 12.6. The number of nitrogens with zero attached hydrogens (tertiary/aromatic N) is 2. The number of fused-ring (bicyclic) bond motifs is 1. The van der Waals surface area contributed by atoms with E-state index in [1.54, 1.807) is 18.4 Å². The number of nitrogens with one attached hydrogen (secondary N) is 2. The van der Waals surface area contributed by atoms with Crippen molar-refractivity contribution in [3.63, 3.8) is 0 Å². The Balaban J connectivity index is 0.00000341. The smallest absolute Gasteiger partial charge is 0.224 e. The third kappa shape index (κ3) is 7.54. The van der Waals surface area contributed by atoms with Crippen LogP contribution in [0, 0.1) is 0 Å². The molecule has 1 amide bonds. The number of halogens is 2. The third-order valence-electron chi connectivity index (χ3n) is 5.05. The van der Waals surface area contributed by atoms with Gasteiger partial charge in [0.15, 0.2) is 5.96 Å². The van der Waals surface area contributed by atoms with Crippen LogP contribution >= 0.6 is 46.9 Å². The summed E-state index contributed by atoms with van der Waals surface area (Å²) in [7, 11) is 1.63. The molecule has 31 heavy (non-hydrogen) atoms. The van der Waals surface area contributed by atoms with Crippen molar-refractivity contribution >= 4 is 58.8 Å². The molecule has 0 atom stereocenters. The highest BCUT2D eigenvalue weighted by molar-refractivity contribution is 14.0. The van der Waals surface area contributed by atoms with Gasteiger partial charge in [-0.2, -0.15) is 0 Å². The van der Waals surface area contributed by atoms with Crippen LogP contribution in [0.3, 0.4) is 0 Å². The highest BCUT2D eigenvalue weighted by Gasteiger charge is 2.20. The van der Waals surface area contributed by atoms with Crippen LogP contribution in [-0.2, 0) is 24.2 Å². The average molecular weight is 577 g/mol. The summed E-state index contributed by atoms with van der Waals surface area (Å²) in [6.07, 6.45) is 2.14. The standard InChI is InChI=1S/C22H29ClN4O2S.HI/c1-3-24-22(25-10-6-16-4-5-18(29-2)14-19(16)23)26-11-7-21(28)27-12-8-20-17(15-27)9-13-30-20;/h4-5,9,13-14H,3,6-8,10-12,15H2,1-2H3,(H2,24,25,26);1H. The van der Waals surface area contributed by atoms with Crippen LogP contribution < -0.4 is 15.4 Å². The molecule has 1 aliphatic rings. The molecule has 0 saturated carbocycles. The Morgan fingerprint density at radius 3 is 2.90 bits per heavy atom. The predicted octanol–water partition coefficient (Wildman–Crippen LogP) is 4.10. The molecule has 0 fully saturated rings. The number of rotatable bonds is 8. The minimum absolute atomic E-state index is 0. The Bertz CT molecular complexity index is 890. The minimum Gasteiger partial charge on any atom is -0.497 e. The largest absolute Gasteiger partial charge is 0.497 e. The molecule has 0 aliphatic carbocycles. The highest BCUT2D eigenvalue weighted by Crippen LogP contribution is 2.24. The summed E-state index contributed by atoms with van der Waals surface area (Å²) in [5.41, 5.74) is 2.34. The van der Waals surface area contributed by atoms with Crippen molar-refractivity contribution in [1.29, 1.82) is 0 Å². The summed E-state index contributed by atoms with van der Waals surface area (Å²) in [4.78, 5) is 20.5. The summed E-state index contributed by atoms with van der Waals surface area (Å²) in [5.74, 6) is 1.63. The van der Waals surface area contributed by atoms with E-state index in [0.717, 1.165) is 43.8 Å². The molecule has 1 aliphatic heterocycles. The van der Waals surface area contributed by atoms with Gasteiger partial charge in [-0.3, -0.25) is 9.79 Å². The maximum Gasteiger partial charge on any atom is 0.224 e. The van der Waals surface area contributed by atoms with Crippen LogP contribution in [0.5, 0.6) is 5.75 Å². The number of carbonyl (C=O) groups excluding carboxylic acids is 1. The molecule has 1 aromatic heterocycles. The molecule has 6 nitrogen and oxygen atoms in total. The first kappa shape index (κ1) is 25.7. The topological polar surface area (TPSA) is 66.0 Å². The van der Waals surface area contributed by atoms with Crippen LogP contribution in [0.4, 0.5) is 0 Å². The second kappa shape index (κ2) is 13.1. The monoisotopic (exact) mass is 576 g/mol. The van der Waals surface area contributed by atoms with Crippen LogP contribution in [-0.4, -0.2) is 50.1 Å². The van der Waals surface area contributed by atoms with Crippen molar-refractivity contribution in [3.8, 4) is 5.75 Å². The van der Waals surface area contributed by atoms with Gasteiger partial charge in [0.1, 0.15) is 5.75 Å². The lowest BCUT2D eigenvalue weighted by Gasteiger charge is -2.26. The van der Waals surface area contributed by atoms with Gasteiger partial charge < -0.3 is 20.3 Å². The van der Waals surface area contributed by atoms with E-state index in [0.29, 0.717) is 30.5 Å². The number of amides is 1. The highest BCUT2D eigenvalue weighted by atomic mass is 127. The van der Waals surface area contributed by atoms with Crippen LogP contribution in [0.2, 0.25) is 5.02 Å². The fraction of sp³-hybridized carbons (Fsp3) is 0.455. The molecule has 0 unspecified atom stereocenters. The van der Waals surface area contributed by atoms with Crippen LogP contribution in [0.1, 0.15) is 29.3 Å². The Kier molecular flexibility index (Phi) is 10.9. The number of methoxy groups -OCH3 is 1. The number of ether oxygens (including phenoxy) is 1. The summed E-state index contributed by atoms with van der Waals surface area (Å²) >= 11 is 8.09. The minimum atomic E-state index is 0. The van der Waals surface area contributed by atoms with Gasteiger partial charge in [0.25, 0.3) is 0 Å². The lowest BCUT2D eigenvalue weighted by atomic mass is 10.1. The Hall–Kier alpha value is -1.52. The van der Waals surface area contributed by atoms with Gasteiger partial charge in [0, 0.05) is 42.5 Å². The molecule has 0 saturated heterocycles. The Morgan fingerprint density at radius 2 is 2.16 bits per heavy atom. The molecule has 2 N–H and O–H groups in total. The molecule has 3 rings (SSSR count). The average Bonchev–Trinajstić information content (AvgIpc) is 3.22. The van der Waals surface area contributed by atoms with Crippen molar-refractivity contribution in [2.75, 3.05) is 33.3 Å². The Morgan fingerprint density at radius 1 is 1.32 bits per heavy atom. The van der Waals surface area contributed by atoms with Crippen molar-refractivity contribution in [1.82, 2.24) is 15.5 Å². The van der Waals surface area contributed by atoms with E-state index in [4.69, 9.17) is 16.3 Å². The fourth-order valence-electron chi connectivity index (χ4n) is 3.40. The molecule has 2 heterocycles. The quantitative estimate of drug-likeness (QED) is 0.282. The van der Waals surface area contributed by atoms with Crippen molar-refractivity contribution in [3.05, 3.63) is 50.7 Å². The molecular formula is C22H30ClIN4O2S. The molecular weight excluding hydrogens is 547 g/mol. The number of guanidine groups is 1. The number of carbonyl (C=O) groups is 1. The van der Waals surface area contributed by atoms with E-state index in [-0.39, 0.29) is 29.9 Å². The van der Waals surface area contributed by atoms with Crippen LogP contribution in [0.25, 0.3) is 0 Å². The first-order chi connectivity index (χ1) is 14.6. The van der Waals surface area contributed by atoms with Crippen LogP contribution in [0.15, 0.2) is 34.6 Å². The van der Waals surface area contributed by atoms with Gasteiger partial charge in [-0.1, -0.05) is 17.7 Å². The van der Waals surface area contributed by atoms with E-state index in [1.807, 2.05) is 30.0 Å². The van der Waals surface area contributed by atoms with Gasteiger partial charge in [0.2, 0.25) is 5.91 Å². The lowest BCUT2D eigenvalue weighted by molar-refractivity contribution is -0.131. The maximum absolute atomic E-state index is 12.6. The van der Waals surface area contributed by atoms with E-state index in [2.05, 4.69) is 27.1 Å².